The van der Waals surface area contributed by atoms with E-state index in [0.29, 0.717) is 17.4 Å². The summed E-state index contributed by atoms with van der Waals surface area (Å²) in [5.74, 6) is 1.03. The van der Waals surface area contributed by atoms with Gasteiger partial charge in [0.2, 0.25) is 0 Å². The fourth-order valence-corrected chi connectivity index (χ4v) is 2.80. The molecule has 1 unspecified atom stereocenters. The van der Waals surface area contributed by atoms with Gasteiger partial charge in [0.1, 0.15) is 11.6 Å². The van der Waals surface area contributed by atoms with Crippen LogP contribution in [0.25, 0.3) is 5.65 Å². The van der Waals surface area contributed by atoms with E-state index in [0.717, 1.165) is 5.56 Å². The largest absolute Gasteiger partial charge is 0.361 e. The maximum atomic E-state index is 13.2. The lowest BCUT2D eigenvalue weighted by molar-refractivity contribution is 0.276. The van der Waals surface area contributed by atoms with Gasteiger partial charge in [-0.25, -0.2) is 4.39 Å². The average molecular weight is 298 g/mol. The van der Waals surface area contributed by atoms with E-state index in [1.807, 2.05) is 24.3 Å². The lowest BCUT2D eigenvalue weighted by atomic mass is 9.77. The maximum Gasteiger partial charge on any atom is 0.200 e. The van der Waals surface area contributed by atoms with E-state index in [4.69, 9.17) is 0 Å². The Morgan fingerprint density at radius 1 is 1.14 bits per heavy atom. The predicted molar refractivity (Wildman–Crippen MR) is 78.7 cm³/mol. The zero-order valence-corrected chi connectivity index (χ0v) is 11.9. The Morgan fingerprint density at radius 2 is 1.95 bits per heavy atom. The van der Waals surface area contributed by atoms with Crippen LogP contribution in [0.5, 0.6) is 0 Å². The maximum absolute atomic E-state index is 13.2. The molecule has 0 radical (unpaired) electrons. The molecule has 1 fully saturated rings. The summed E-state index contributed by atoms with van der Waals surface area (Å²) in [4.78, 5) is 0. The van der Waals surface area contributed by atoms with Crippen molar-refractivity contribution in [2.45, 2.75) is 25.3 Å². The predicted octanol–water partition coefficient (Wildman–Crippen LogP) is 2.61. The molecule has 0 bridgehead atoms. The molecule has 0 spiro atoms. The number of anilines is 1. The minimum Gasteiger partial charge on any atom is -0.361 e. The number of fused-ring (bicyclic) bond motifs is 1. The van der Waals surface area contributed by atoms with Crippen LogP contribution in [0.4, 0.5) is 10.2 Å². The monoisotopic (exact) mass is 298 g/mol. The van der Waals surface area contributed by atoms with Gasteiger partial charge >= 0.3 is 0 Å². The van der Waals surface area contributed by atoms with Crippen LogP contribution < -0.4 is 5.32 Å². The van der Waals surface area contributed by atoms with Crippen molar-refractivity contribution >= 4 is 11.5 Å². The van der Waals surface area contributed by atoms with Crippen molar-refractivity contribution in [3.05, 3.63) is 47.8 Å². The third-order valence-corrected chi connectivity index (χ3v) is 4.22. The van der Waals surface area contributed by atoms with Crippen LogP contribution in [0.15, 0.2) is 36.4 Å². The lowest BCUT2D eigenvalue weighted by Crippen LogP contribution is -2.27. The molecule has 1 saturated carbocycles. The molecule has 1 N–H and O–H groups in total. The Hall–Kier alpha value is -2.57. The first-order valence-electron chi connectivity index (χ1n) is 7.37. The summed E-state index contributed by atoms with van der Waals surface area (Å²) in [5, 5.41) is 19.0. The molecule has 1 aromatic carbocycles. The van der Waals surface area contributed by atoms with Crippen LogP contribution in [0.2, 0.25) is 0 Å². The highest BCUT2D eigenvalue weighted by molar-refractivity contribution is 5.44. The van der Waals surface area contributed by atoms with Crippen molar-refractivity contribution in [1.29, 1.82) is 0 Å². The quantitative estimate of drug-likeness (QED) is 0.802. The van der Waals surface area contributed by atoms with Crippen molar-refractivity contribution in [1.82, 2.24) is 25.3 Å². The fraction of sp³-hybridized carbons (Fsp3) is 0.333. The second-order valence-electron chi connectivity index (χ2n) is 5.61. The van der Waals surface area contributed by atoms with Gasteiger partial charge in [0.25, 0.3) is 0 Å². The standard InChI is InChI=1S/C15H15FN6/c16-12-6-4-11(5-7-12)15(10-2-1-3-10)17-13-8-9-14-18-20-21-22(14)19-13/h4-10,15H,1-3H2,(H,17,19). The van der Waals surface area contributed by atoms with Gasteiger partial charge in [0.15, 0.2) is 5.65 Å². The molecule has 0 saturated heterocycles. The Kier molecular flexibility index (Phi) is 3.17. The van der Waals surface area contributed by atoms with E-state index in [1.54, 1.807) is 0 Å². The smallest absolute Gasteiger partial charge is 0.200 e. The molecule has 1 aliphatic carbocycles. The van der Waals surface area contributed by atoms with Gasteiger partial charge in [-0.2, -0.15) is 0 Å². The number of nitrogens with one attached hydrogen (secondary N) is 1. The zero-order valence-electron chi connectivity index (χ0n) is 11.9. The Balaban J connectivity index is 1.64. The van der Waals surface area contributed by atoms with Crippen molar-refractivity contribution in [2.24, 2.45) is 5.92 Å². The van der Waals surface area contributed by atoms with E-state index < -0.39 is 0 Å². The topological polar surface area (TPSA) is 68.0 Å². The van der Waals surface area contributed by atoms with E-state index in [1.165, 1.54) is 36.0 Å². The van der Waals surface area contributed by atoms with E-state index in [2.05, 4.69) is 25.9 Å². The first-order chi connectivity index (χ1) is 10.8. The van der Waals surface area contributed by atoms with Crippen molar-refractivity contribution < 1.29 is 4.39 Å². The van der Waals surface area contributed by atoms with E-state index in [9.17, 15) is 4.39 Å². The Morgan fingerprint density at radius 3 is 2.68 bits per heavy atom. The van der Waals surface area contributed by atoms with Gasteiger partial charge in [0.05, 0.1) is 6.04 Å². The normalized spacial score (nSPS) is 16.4. The zero-order chi connectivity index (χ0) is 14.9. The molecule has 2 aromatic heterocycles. The SMILES string of the molecule is Fc1ccc(C(Nc2ccc3nnnn3n2)C2CCC2)cc1. The molecule has 3 aromatic rings. The molecular formula is C15H15FN6. The molecule has 112 valence electrons. The van der Waals surface area contributed by atoms with Crippen LogP contribution in [-0.4, -0.2) is 25.3 Å². The summed E-state index contributed by atoms with van der Waals surface area (Å²) in [6.07, 6.45) is 3.58. The van der Waals surface area contributed by atoms with Gasteiger partial charge in [-0.1, -0.05) is 18.6 Å². The Bertz CT molecular complexity index is 780. The number of nitrogens with zero attached hydrogens (tertiary/aromatic N) is 5. The summed E-state index contributed by atoms with van der Waals surface area (Å²) < 4.78 is 14.5. The summed E-state index contributed by atoms with van der Waals surface area (Å²) in [7, 11) is 0. The third kappa shape index (κ3) is 2.38. The molecule has 0 aliphatic heterocycles. The van der Waals surface area contributed by atoms with Gasteiger partial charge < -0.3 is 5.32 Å². The van der Waals surface area contributed by atoms with Gasteiger partial charge in [-0.15, -0.1) is 14.8 Å². The van der Waals surface area contributed by atoms with E-state index >= 15 is 0 Å². The summed E-state index contributed by atoms with van der Waals surface area (Å²) in [5.41, 5.74) is 1.68. The van der Waals surface area contributed by atoms with Gasteiger partial charge in [0, 0.05) is 0 Å². The number of hydrogen-bond acceptors (Lipinski definition) is 5. The highest BCUT2D eigenvalue weighted by atomic mass is 19.1. The summed E-state index contributed by atoms with van der Waals surface area (Å²) >= 11 is 0. The van der Waals surface area contributed by atoms with Crippen molar-refractivity contribution in [3.8, 4) is 0 Å². The van der Waals surface area contributed by atoms with Crippen molar-refractivity contribution in [2.75, 3.05) is 5.32 Å². The van der Waals surface area contributed by atoms with Crippen LogP contribution in [0.3, 0.4) is 0 Å². The van der Waals surface area contributed by atoms with E-state index in [-0.39, 0.29) is 11.9 Å². The third-order valence-electron chi connectivity index (χ3n) is 4.22. The minimum atomic E-state index is -0.218. The second-order valence-corrected chi connectivity index (χ2v) is 5.61. The number of rotatable bonds is 4. The molecule has 0 amide bonds. The first kappa shape index (κ1) is 13.1. The van der Waals surface area contributed by atoms with Crippen LogP contribution in [0, 0.1) is 11.7 Å². The molecule has 1 aliphatic rings. The highest BCUT2D eigenvalue weighted by Gasteiger charge is 2.29. The van der Waals surface area contributed by atoms with Crippen molar-refractivity contribution in [3.63, 3.8) is 0 Å². The molecule has 4 rings (SSSR count). The number of tetrazole rings is 1. The average Bonchev–Trinajstić information content (AvgIpc) is 2.93. The fourth-order valence-electron chi connectivity index (χ4n) is 2.80. The van der Waals surface area contributed by atoms with Crippen LogP contribution in [-0.2, 0) is 0 Å². The van der Waals surface area contributed by atoms with Gasteiger partial charge in [-0.3, -0.25) is 0 Å². The lowest BCUT2D eigenvalue weighted by Gasteiger charge is -2.35. The van der Waals surface area contributed by atoms with Crippen LogP contribution >= 0.6 is 0 Å². The van der Waals surface area contributed by atoms with Gasteiger partial charge in [-0.05, 0) is 59.0 Å². The second kappa shape index (κ2) is 5.32. The minimum absolute atomic E-state index is 0.121. The molecule has 2 heterocycles. The number of aromatic nitrogens is 5. The molecule has 22 heavy (non-hydrogen) atoms. The Labute approximate surface area is 126 Å². The number of halogens is 1. The number of benzene rings is 1. The van der Waals surface area contributed by atoms with Crippen LogP contribution in [0.1, 0.15) is 30.9 Å². The first-order valence-corrected chi connectivity index (χ1v) is 7.37. The molecule has 6 nitrogen and oxygen atoms in total. The summed E-state index contributed by atoms with van der Waals surface area (Å²) in [6, 6.07) is 10.5. The molecular weight excluding hydrogens is 283 g/mol. The highest BCUT2D eigenvalue weighted by Crippen LogP contribution is 2.39. The summed E-state index contributed by atoms with van der Waals surface area (Å²) in [6.45, 7) is 0. The molecule has 1 atom stereocenters. The molecule has 7 heteroatoms. The number of hydrogen-bond donors (Lipinski definition) is 1.